The van der Waals surface area contributed by atoms with Crippen LogP contribution in [0.4, 0.5) is 13.2 Å². The number of rotatable bonds is 7. The number of nitrogens with one attached hydrogen (secondary N) is 1. The first-order valence-corrected chi connectivity index (χ1v) is 8.52. The number of hydrogen-bond donors (Lipinski definition) is 1. The highest BCUT2D eigenvalue weighted by atomic mass is 19.3. The Bertz CT molecular complexity index is 911. The lowest BCUT2D eigenvalue weighted by Gasteiger charge is -2.16. The maximum atomic E-state index is 13.5. The van der Waals surface area contributed by atoms with Gasteiger partial charge in [0.25, 0.3) is 0 Å². The minimum absolute atomic E-state index is 0.0908. The van der Waals surface area contributed by atoms with E-state index in [1.165, 1.54) is 18.2 Å². The molecule has 142 valence electrons. The van der Waals surface area contributed by atoms with Crippen molar-refractivity contribution in [1.82, 2.24) is 15.1 Å². The summed E-state index contributed by atoms with van der Waals surface area (Å²) in [5.74, 6) is -0.176. The average Bonchev–Trinajstić information content (AvgIpc) is 3.02. The van der Waals surface area contributed by atoms with E-state index in [0.717, 1.165) is 11.3 Å². The van der Waals surface area contributed by atoms with E-state index in [4.69, 9.17) is 0 Å². The summed E-state index contributed by atoms with van der Waals surface area (Å²) < 4.78 is 44.8. The lowest BCUT2D eigenvalue weighted by atomic mass is 10.1. The molecule has 0 spiro atoms. The number of halogens is 3. The van der Waals surface area contributed by atoms with Crippen molar-refractivity contribution in [2.75, 3.05) is 0 Å². The summed E-state index contributed by atoms with van der Waals surface area (Å²) in [6, 6.07) is 12.8. The molecule has 0 bridgehead atoms. The Labute approximate surface area is 155 Å². The van der Waals surface area contributed by atoms with Gasteiger partial charge in [0, 0.05) is 29.4 Å². The molecule has 0 aliphatic carbocycles. The maximum absolute atomic E-state index is 13.5. The van der Waals surface area contributed by atoms with Crippen molar-refractivity contribution in [3.63, 3.8) is 0 Å². The summed E-state index contributed by atoms with van der Waals surface area (Å²) in [6.07, 6.45) is 1.72. The van der Waals surface area contributed by atoms with E-state index >= 15 is 0 Å². The Morgan fingerprint density at radius 1 is 1.15 bits per heavy atom. The topological polar surface area (TPSA) is 39.1 Å². The summed E-state index contributed by atoms with van der Waals surface area (Å²) in [4.78, 5) is 0. The Morgan fingerprint density at radius 2 is 1.93 bits per heavy atom. The molecule has 0 fully saturated rings. The van der Waals surface area contributed by atoms with Crippen LogP contribution < -0.4 is 10.1 Å². The Morgan fingerprint density at radius 3 is 2.67 bits per heavy atom. The molecule has 4 nitrogen and oxygen atoms in total. The maximum Gasteiger partial charge on any atom is 0.387 e. The van der Waals surface area contributed by atoms with Gasteiger partial charge >= 0.3 is 6.61 Å². The molecule has 3 rings (SSSR count). The van der Waals surface area contributed by atoms with Gasteiger partial charge in [-0.15, -0.1) is 0 Å². The van der Waals surface area contributed by atoms with E-state index < -0.39 is 6.61 Å². The smallest absolute Gasteiger partial charge is 0.387 e. The minimum atomic E-state index is -2.87. The van der Waals surface area contributed by atoms with Gasteiger partial charge in [-0.25, -0.2) is 9.07 Å². The molecule has 27 heavy (non-hydrogen) atoms. The summed E-state index contributed by atoms with van der Waals surface area (Å²) in [5.41, 5.74) is 3.09. The number of nitrogens with zero attached hydrogens (tertiary/aromatic N) is 2. The van der Waals surface area contributed by atoms with Gasteiger partial charge in [-0.1, -0.05) is 24.3 Å². The van der Waals surface area contributed by atoms with Gasteiger partial charge in [0.1, 0.15) is 11.6 Å². The molecular weight excluding hydrogens is 355 g/mol. The van der Waals surface area contributed by atoms with Crippen molar-refractivity contribution in [3.8, 4) is 11.4 Å². The third-order valence-electron chi connectivity index (χ3n) is 4.35. The largest absolute Gasteiger partial charge is 0.434 e. The second kappa shape index (κ2) is 8.26. The van der Waals surface area contributed by atoms with Gasteiger partial charge in [-0.3, -0.25) is 0 Å². The number of hydrogen-bond acceptors (Lipinski definition) is 3. The zero-order valence-electron chi connectivity index (χ0n) is 15.0. The summed E-state index contributed by atoms with van der Waals surface area (Å²) in [5, 5.41) is 7.64. The van der Waals surface area contributed by atoms with Crippen LogP contribution in [0.2, 0.25) is 0 Å². The van der Waals surface area contributed by atoms with Crippen LogP contribution in [0.1, 0.15) is 29.8 Å². The van der Waals surface area contributed by atoms with Gasteiger partial charge < -0.3 is 10.1 Å². The Hall–Kier alpha value is -2.80. The fourth-order valence-electron chi connectivity index (χ4n) is 2.95. The van der Waals surface area contributed by atoms with Crippen LogP contribution in [-0.2, 0) is 6.54 Å². The van der Waals surface area contributed by atoms with E-state index in [1.54, 1.807) is 41.2 Å². The molecule has 0 unspecified atom stereocenters. The zero-order chi connectivity index (χ0) is 19.4. The monoisotopic (exact) mass is 375 g/mol. The SMILES string of the molecule is Cc1c([C@H](C)NCc2ccccc2OC(F)F)cnn1-c1cccc(F)c1. The van der Waals surface area contributed by atoms with E-state index in [9.17, 15) is 13.2 Å². The first kappa shape index (κ1) is 19.0. The highest BCUT2D eigenvalue weighted by Gasteiger charge is 2.16. The van der Waals surface area contributed by atoms with Crippen LogP contribution in [-0.4, -0.2) is 16.4 Å². The highest BCUT2D eigenvalue weighted by Crippen LogP contribution is 2.23. The van der Waals surface area contributed by atoms with Crippen molar-refractivity contribution in [2.45, 2.75) is 33.0 Å². The van der Waals surface area contributed by atoms with Gasteiger partial charge in [-0.05, 0) is 38.1 Å². The molecule has 1 heterocycles. The highest BCUT2D eigenvalue weighted by molar-refractivity contribution is 5.36. The fourth-order valence-corrected chi connectivity index (χ4v) is 2.95. The molecule has 0 radical (unpaired) electrons. The Kier molecular flexibility index (Phi) is 5.81. The molecule has 7 heteroatoms. The number of ether oxygens (including phenoxy) is 1. The van der Waals surface area contributed by atoms with Gasteiger partial charge in [0.05, 0.1) is 11.9 Å². The molecule has 0 saturated heterocycles. The van der Waals surface area contributed by atoms with Crippen LogP contribution in [0, 0.1) is 12.7 Å². The van der Waals surface area contributed by atoms with Crippen LogP contribution in [0.3, 0.4) is 0 Å². The van der Waals surface area contributed by atoms with Gasteiger partial charge in [0.15, 0.2) is 0 Å². The van der Waals surface area contributed by atoms with E-state index in [2.05, 4.69) is 15.2 Å². The predicted molar refractivity (Wildman–Crippen MR) is 96.6 cm³/mol. The number of aromatic nitrogens is 2. The van der Waals surface area contributed by atoms with Gasteiger partial charge in [-0.2, -0.15) is 13.9 Å². The quantitative estimate of drug-likeness (QED) is 0.646. The van der Waals surface area contributed by atoms with Crippen molar-refractivity contribution in [2.24, 2.45) is 0 Å². The Balaban J connectivity index is 1.74. The molecule has 1 atom stereocenters. The average molecular weight is 375 g/mol. The zero-order valence-corrected chi connectivity index (χ0v) is 15.0. The van der Waals surface area contributed by atoms with Crippen LogP contribution in [0.15, 0.2) is 54.7 Å². The van der Waals surface area contributed by atoms with Crippen molar-refractivity contribution in [3.05, 3.63) is 77.4 Å². The van der Waals surface area contributed by atoms with Crippen molar-refractivity contribution < 1.29 is 17.9 Å². The first-order valence-electron chi connectivity index (χ1n) is 8.52. The number of alkyl halides is 2. The lowest BCUT2D eigenvalue weighted by molar-refractivity contribution is -0.0505. The molecule has 2 aromatic carbocycles. The third-order valence-corrected chi connectivity index (χ3v) is 4.35. The lowest BCUT2D eigenvalue weighted by Crippen LogP contribution is -2.19. The fraction of sp³-hybridized carbons (Fsp3) is 0.250. The van der Waals surface area contributed by atoms with Crippen LogP contribution >= 0.6 is 0 Å². The molecule has 0 aliphatic rings. The molecule has 1 N–H and O–H groups in total. The van der Waals surface area contributed by atoms with Gasteiger partial charge in [0.2, 0.25) is 0 Å². The molecular formula is C20H20F3N3O. The first-order chi connectivity index (χ1) is 13.0. The molecule has 0 amide bonds. The number of para-hydroxylation sites is 1. The molecule has 0 saturated carbocycles. The van der Waals surface area contributed by atoms with Crippen molar-refractivity contribution in [1.29, 1.82) is 0 Å². The minimum Gasteiger partial charge on any atom is -0.434 e. The molecule has 3 aromatic rings. The van der Waals surface area contributed by atoms with E-state index in [1.807, 2.05) is 13.8 Å². The third kappa shape index (κ3) is 4.49. The molecule has 0 aliphatic heterocycles. The number of benzene rings is 2. The standard InChI is InChI=1S/C20H20F3N3O/c1-13(24-11-15-6-3-4-9-19(15)27-20(22)23)18-12-25-26(14(18)2)17-8-5-7-16(21)10-17/h3-10,12-13,20,24H,11H2,1-2H3/t13-/m0/s1. The van der Waals surface area contributed by atoms with E-state index in [0.29, 0.717) is 17.8 Å². The summed E-state index contributed by atoms with van der Waals surface area (Å²) >= 11 is 0. The second-order valence-electron chi connectivity index (χ2n) is 6.17. The second-order valence-corrected chi connectivity index (χ2v) is 6.17. The predicted octanol–water partition coefficient (Wildman–Crippen LogP) is 4.77. The molecule has 1 aromatic heterocycles. The van der Waals surface area contributed by atoms with E-state index in [-0.39, 0.29) is 17.6 Å². The van der Waals surface area contributed by atoms with Crippen molar-refractivity contribution >= 4 is 0 Å². The summed E-state index contributed by atoms with van der Waals surface area (Å²) in [6.45, 7) is 1.35. The van der Waals surface area contributed by atoms with Crippen LogP contribution in [0.25, 0.3) is 5.69 Å². The van der Waals surface area contributed by atoms with Crippen LogP contribution in [0.5, 0.6) is 5.75 Å². The normalized spacial score (nSPS) is 12.4. The summed E-state index contributed by atoms with van der Waals surface area (Å²) in [7, 11) is 0.